The van der Waals surface area contributed by atoms with Gasteiger partial charge in [-0.15, -0.1) is 0 Å². The van der Waals surface area contributed by atoms with E-state index in [-0.39, 0.29) is 28.8 Å². The third kappa shape index (κ3) is 5.03. The summed E-state index contributed by atoms with van der Waals surface area (Å²) in [4.78, 5) is 32.8. The van der Waals surface area contributed by atoms with Crippen LogP contribution < -0.4 is 10.1 Å². The van der Waals surface area contributed by atoms with Crippen LogP contribution in [0.1, 0.15) is 64.5 Å². The Hall–Kier alpha value is -3.76. The highest BCUT2D eigenvalue weighted by molar-refractivity contribution is 6.05. The fourth-order valence-corrected chi connectivity index (χ4v) is 4.24. The molecule has 0 spiro atoms. The first-order chi connectivity index (χ1) is 16.6. The maximum Gasteiger partial charge on any atom is 0.418 e. The number of carbonyl (C=O) groups excluding carboxylic acids is 2. The van der Waals surface area contributed by atoms with E-state index in [1.807, 2.05) is 13.0 Å². The molecule has 11 heteroatoms. The maximum absolute atomic E-state index is 13.0. The summed E-state index contributed by atoms with van der Waals surface area (Å²) in [6.07, 6.45) is 1.69. The van der Waals surface area contributed by atoms with Crippen molar-refractivity contribution in [1.82, 2.24) is 19.7 Å². The maximum atomic E-state index is 13.0. The largest absolute Gasteiger partial charge is 0.493 e. The Morgan fingerprint density at radius 1 is 1.11 bits per heavy atom. The second-order valence-electron chi connectivity index (χ2n) is 8.50. The molecule has 1 saturated carbocycles. The Labute approximate surface area is 199 Å². The van der Waals surface area contributed by atoms with Crippen molar-refractivity contribution in [3.63, 3.8) is 0 Å². The lowest BCUT2D eigenvalue weighted by Gasteiger charge is -2.22. The highest BCUT2D eigenvalue weighted by Gasteiger charge is 2.32. The van der Waals surface area contributed by atoms with Crippen molar-refractivity contribution < 1.29 is 27.5 Å². The predicted molar refractivity (Wildman–Crippen MR) is 121 cm³/mol. The number of methoxy groups -OCH3 is 1. The third-order valence-electron chi connectivity index (χ3n) is 6.14. The van der Waals surface area contributed by atoms with E-state index >= 15 is 0 Å². The van der Waals surface area contributed by atoms with E-state index in [0.717, 1.165) is 30.2 Å². The zero-order valence-electron chi connectivity index (χ0n) is 19.4. The van der Waals surface area contributed by atoms with Gasteiger partial charge < -0.3 is 10.1 Å². The Morgan fingerprint density at radius 3 is 2.46 bits per heavy atom. The van der Waals surface area contributed by atoms with Gasteiger partial charge in [-0.3, -0.25) is 14.6 Å². The number of ether oxygens (including phenoxy) is 1. The lowest BCUT2D eigenvalue weighted by Crippen LogP contribution is -2.16. The molecule has 1 N–H and O–H groups in total. The second-order valence-corrected chi connectivity index (χ2v) is 8.50. The average Bonchev–Trinajstić information content (AvgIpc) is 3.20. The SMILES string of the molecule is COc1cc(C(F)(F)F)cnc1-n1ncc(C(=O)Nc2cnc(C3CCC(=O)CC3)c(C)c2)c1C. The number of anilines is 1. The van der Waals surface area contributed by atoms with E-state index in [4.69, 9.17) is 4.74 Å². The van der Waals surface area contributed by atoms with Crippen molar-refractivity contribution in [2.45, 2.75) is 51.6 Å². The standard InChI is InChI=1S/C24H24F3N5O3/c1-13-8-17(11-28-21(13)15-4-6-18(33)7-5-15)31-23(34)19-12-30-32(14(19)2)22-20(35-3)9-16(10-29-22)24(25,26)27/h8-12,15H,4-7H2,1-3H3,(H,31,34). The molecule has 0 radical (unpaired) electrons. The van der Waals surface area contributed by atoms with Gasteiger partial charge in [0.25, 0.3) is 5.91 Å². The van der Waals surface area contributed by atoms with Gasteiger partial charge in [-0.2, -0.15) is 18.3 Å². The van der Waals surface area contributed by atoms with Gasteiger partial charge in [0, 0.05) is 30.7 Å². The summed E-state index contributed by atoms with van der Waals surface area (Å²) in [6, 6.07) is 2.66. The number of rotatable bonds is 5. The number of aryl methyl sites for hydroxylation is 1. The summed E-state index contributed by atoms with van der Waals surface area (Å²) in [5.41, 5.74) is 2.00. The fourth-order valence-electron chi connectivity index (χ4n) is 4.24. The molecule has 35 heavy (non-hydrogen) atoms. The Bertz CT molecular complexity index is 1280. The molecule has 0 bridgehead atoms. The monoisotopic (exact) mass is 487 g/mol. The fraction of sp³-hybridized carbons (Fsp3) is 0.375. The molecule has 3 aromatic heterocycles. The lowest BCUT2D eigenvalue weighted by atomic mass is 9.84. The predicted octanol–water partition coefficient (Wildman–Crippen LogP) is 4.79. The van der Waals surface area contributed by atoms with Gasteiger partial charge in [-0.05, 0) is 44.4 Å². The Kier molecular flexibility index (Phi) is 6.60. The number of Topliss-reactive ketones (excluding diaryl/α,β-unsaturated/α-hetero) is 1. The van der Waals surface area contributed by atoms with Crippen molar-refractivity contribution in [2.24, 2.45) is 0 Å². The summed E-state index contributed by atoms with van der Waals surface area (Å²) >= 11 is 0. The minimum absolute atomic E-state index is 0.0323. The van der Waals surface area contributed by atoms with Crippen LogP contribution in [0.25, 0.3) is 5.82 Å². The van der Waals surface area contributed by atoms with Crippen LogP contribution in [0.15, 0.2) is 30.7 Å². The lowest BCUT2D eigenvalue weighted by molar-refractivity contribution is -0.138. The molecule has 1 aliphatic carbocycles. The molecule has 1 aliphatic rings. The van der Waals surface area contributed by atoms with Crippen molar-refractivity contribution in [3.8, 4) is 11.6 Å². The molecule has 3 aromatic rings. The summed E-state index contributed by atoms with van der Waals surface area (Å²) in [5.74, 6) is -0.0357. The number of nitrogens with zero attached hydrogens (tertiary/aromatic N) is 4. The molecule has 0 aromatic carbocycles. The summed E-state index contributed by atoms with van der Waals surface area (Å²) in [7, 11) is 1.23. The van der Waals surface area contributed by atoms with Crippen LogP contribution in [0.4, 0.5) is 18.9 Å². The molecule has 8 nitrogen and oxygen atoms in total. The molecular weight excluding hydrogens is 463 g/mol. The number of halogens is 3. The normalized spacial score (nSPS) is 14.7. The zero-order valence-corrected chi connectivity index (χ0v) is 19.4. The molecule has 3 heterocycles. The highest BCUT2D eigenvalue weighted by atomic mass is 19.4. The minimum Gasteiger partial charge on any atom is -0.493 e. The Morgan fingerprint density at radius 2 is 1.83 bits per heavy atom. The molecule has 1 fully saturated rings. The van der Waals surface area contributed by atoms with E-state index < -0.39 is 17.6 Å². The summed E-state index contributed by atoms with van der Waals surface area (Å²) < 4.78 is 45.4. The molecule has 4 rings (SSSR count). The van der Waals surface area contributed by atoms with Gasteiger partial charge in [-0.25, -0.2) is 9.67 Å². The van der Waals surface area contributed by atoms with Crippen LogP contribution >= 0.6 is 0 Å². The summed E-state index contributed by atoms with van der Waals surface area (Å²) in [6.45, 7) is 3.53. The van der Waals surface area contributed by atoms with Crippen molar-refractivity contribution in [2.75, 3.05) is 12.4 Å². The number of amides is 1. The minimum atomic E-state index is -4.57. The molecule has 0 unspecified atom stereocenters. The van der Waals surface area contributed by atoms with Crippen LogP contribution in [0.2, 0.25) is 0 Å². The van der Waals surface area contributed by atoms with Gasteiger partial charge in [0.15, 0.2) is 11.6 Å². The zero-order chi connectivity index (χ0) is 25.3. The number of hydrogen-bond acceptors (Lipinski definition) is 6. The molecule has 184 valence electrons. The number of alkyl halides is 3. The Balaban J connectivity index is 1.54. The van der Waals surface area contributed by atoms with Crippen LogP contribution in [-0.2, 0) is 11.0 Å². The topological polar surface area (TPSA) is 99.0 Å². The quantitative estimate of drug-likeness (QED) is 0.556. The van der Waals surface area contributed by atoms with Crippen LogP contribution in [0.3, 0.4) is 0 Å². The molecule has 0 aliphatic heterocycles. The van der Waals surface area contributed by atoms with E-state index in [1.165, 1.54) is 18.0 Å². The average molecular weight is 487 g/mol. The molecule has 0 saturated heterocycles. The van der Waals surface area contributed by atoms with Crippen LogP contribution in [-0.4, -0.2) is 38.5 Å². The molecule has 1 amide bonds. The van der Waals surface area contributed by atoms with Crippen molar-refractivity contribution in [1.29, 1.82) is 0 Å². The van der Waals surface area contributed by atoms with Gasteiger partial charge >= 0.3 is 6.18 Å². The second kappa shape index (κ2) is 9.47. The number of nitrogens with one attached hydrogen (secondary N) is 1. The number of hydrogen-bond donors (Lipinski definition) is 1. The van der Waals surface area contributed by atoms with Crippen molar-refractivity contribution >= 4 is 17.4 Å². The van der Waals surface area contributed by atoms with Gasteiger partial charge in [0.2, 0.25) is 0 Å². The van der Waals surface area contributed by atoms with Crippen LogP contribution in [0.5, 0.6) is 5.75 Å². The van der Waals surface area contributed by atoms with E-state index in [2.05, 4.69) is 20.4 Å². The van der Waals surface area contributed by atoms with E-state index in [9.17, 15) is 22.8 Å². The van der Waals surface area contributed by atoms with Gasteiger partial charge in [-0.1, -0.05) is 0 Å². The van der Waals surface area contributed by atoms with Gasteiger partial charge in [0.1, 0.15) is 5.78 Å². The number of ketones is 1. The number of aromatic nitrogens is 4. The smallest absolute Gasteiger partial charge is 0.418 e. The third-order valence-corrected chi connectivity index (χ3v) is 6.14. The highest BCUT2D eigenvalue weighted by Crippen LogP contribution is 2.34. The van der Waals surface area contributed by atoms with Gasteiger partial charge in [0.05, 0.1) is 42.0 Å². The first-order valence-corrected chi connectivity index (χ1v) is 11.0. The number of carbonyl (C=O) groups is 2. The molecular formula is C24H24F3N5O3. The first-order valence-electron chi connectivity index (χ1n) is 11.0. The first kappa shape index (κ1) is 24.4. The van der Waals surface area contributed by atoms with E-state index in [1.54, 1.807) is 13.1 Å². The van der Waals surface area contributed by atoms with Crippen molar-refractivity contribution in [3.05, 3.63) is 58.8 Å². The molecule has 0 atom stereocenters. The summed E-state index contributed by atoms with van der Waals surface area (Å²) in [5, 5.41) is 6.93. The van der Waals surface area contributed by atoms with E-state index in [0.29, 0.717) is 30.4 Å². The van der Waals surface area contributed by atoms with Crippen LogP contribution in [0, 0.1) is 13.8 Å². The number of pyridine rings is 2.